The van der Waals surface area contributed by atoms with E-state index in [-0.39, 0.29) is 12.4 Å². The van der Waals surface area contributed by atoms with Gasteiger partial charge in [0, 0.05) is 11.1 Å². The van der Waals surface area contributed by atoms with E-state index in [2.05, 4.69) is 5.16 Å². The van der Waals surface area contributed by atoms with Gasteiger partial charge < -0.3 is 15.7 Å². The van der Waals surface area contributed by atoms with Gasteiger partial charge in [-0.1, -0.05) is 35.5 Å². The number of rotatable bonds is 4. The van der Waals surface area contributed by atoms with Crippen LogP contribution in [0.2, 0.25) is 0 Å². The van der Waals surface area contributed by atoms with Gasteiger partial charge in [-0.05, 0) is 31.0 Å². The molecular formula is C16H17FN2O2. The second kappa shape index (κ2) is 6.26. The number of benzene rings is 2. The third-order valence-electron chi connectivity index (χ3n) is 3.24. The van der Waals surface area contributed by atoms with Gasteiger partial charge in [-0.15, -0.1) is 0 Å². The minimum atomic E-state index is -0.453. The summed E-state index contributed by atoms with van der Waals surface area (Å²) in [7, 11) is 0. The Morgan fingerprint density at radius 3 is 2.48 bits per heavy atom. The minimum Gasteiger partial charge on any atom is -0.488 e. The zero-order chi connectivity index (χ0) is 15.4. The van der Waals surface area contributed by atoms with Crippen molar-refractivity contribution in [1.82, 2.24) is 0 Å². The van der Waals surface area contributed by atoms with E-state index < -0.39 is 5.82 Å². The van der Waals surface area contributed by atoms with Crippen molar-refractivity contribution in [2.24, 2.45) is 10.9 Å². The monoisotopic (exact) mass is 288 g/mol. The predicted octanol–water partition coefficient (Wildman–Crippen LogP) is 3.12. The molecule has 0 radical (unpaired) electrons. The van der Waals surface area contributed by atoms with Crippen molar-refractivity contribution in [3.8, 4) is 5.75 Å². The molecule has 0 atom stereocenters. The molecule has 21 heavy (non-hydrogen) atoms. The standard InChI is InChI=1S/C16H17FN2O2/c1-10-4-3-5-11(2)15(10)21-9-13-7-6-12(8-14(13)17)16(18)19-20/h3-8,20H,9H2,1-2H3,(H2,18,19). The maximum atomic E-state index is 14.0. The molecule has 2 rings (SSSR count). The van der Waals surface area contributed by atoms with Crippen LogP contribution >= 0.6 is 0 Å². The summed E-state index contributed by atoms with van der Waals surface area (Å²) in [6.45, 7) is 4.01. The van der Waals surface area contributed by atoms with Crippen molar-refractivity contribution in [2.75, 3.05) is 0 Å². The van der Waals surface area contributed by atoms with E-state index in [9.17, 15) is 4.39 Å². The molecule has 0 aliphatic heterocycles. The molecule has 0 heterocycles. The minimum absolute atomic E-state index is 0.119. The molecular weight excluding hydrogens is 271 g/mol. The molecule has 0 aromatic heterocycles. The van der Waals surface area contributed by atoms with E-state index in [0.29, 0.717) is 11.1 Å². The Hall–Kier alpha value is -2.56. The lowest BCUT2D eigenvalue weighted by Crippen LogP contribution is -2.13. The number of aryl methyl sites for hydroxylation is 2. The molecule has 5 heteroatoms. The van der Waals surface area contributed by atoms with Gasteiger partial charge in [0.15, 0.2) is 5.84 Å². The Morgan fingerprint density at radius 2 is 1.90 bits per heavy atom. The predicted molar refractivity (Wildman–Crippen MR) is 79.2 cm³/mol. The van der Waals surface area contributed by atoms with E-state index in [1.54, 1.807) is 12.1 Å². The molecule has 3 N–H and O–H groups in total. The van der Waals surface area contributed by atoms with Crippen LogP contribution in [0.3, 0.4) is 0 Å². The Labute approximate surface area is 122 Å². The first kappa shape index (κ1) is 14.8. The van der Waals surface area contributed by atoms with Crippen LogP contribution in [0, 0.1) is 19.7 Å². The Balaban J connectivity index is 2.18. The van der Waals surface area contributed by atoms with E-state index in [4.69, 9.17) is 15.7 Å². The summed E-state index contributed by atoms with van der Waals surface area (Å²) in [6, 6.07) is 10.2. The summed E-state index contributed by atoms with van der Waals surface area (Å²) in [4.78, 5) is 0. The van der Waals surface area contributed by atoms with Crippen molar-refractivity contribution in [3.63, 3.8) is 0 Å². The van der Waals surface area contributed by atoms with E-state index >= 15 is 0 Å². The highest BCUT2D eigenvalue weighted by atomic mass is 19.1. The fourth-order valence-electron chi connectivity index (χ4n) is 2.06. The molecule has 0 fully saturated rings. The summed E-state index contributed by atoms with van der Waals surface area (Å²) in [5, 5.41) is 11.4. The lowest BCUT2D eigenvalue weighted by Gasteiger charge is -2.12. The topological polar surface area (TPSA) is 67.8 Å². The van der Waals surface area contributed by atoms with Crippen LogP contribution in [-0.2, 0) is 6.61 Å². The Kier molecular flexibility index (Phi) is 4.42. The number of halogens is 1. The maximum absolute atomic E-state index is 14.0. The normalized spacial score (nSPS) is 11.5. The number of nitrogens with zero attached hydrogens (tertiary/aromatic N) is 1. The average Bonchev–Trinajstić information content (AvgIpc) is 2.47. The first-order chi connectivity index (χ1) is 10.0. The molecule has 0 aliphatic rings. The molecule has 0 saturated heterocycles. The van der Waals surface area contributed by atoms with Gasteiger partial charge in [0.2, 0.25) is 0 Å². The molecule has 0 unspecified atom stereocenters. The highest BCUT2D eigenvalue weighted by molar-refractivity contribution is 5.97. The highest BCUT2D eigenvalue weighted by Gasteiger charge is 2.09. The molecule has 2 aromatic rings. The quantitative estimate of drug-likeness (QED) is 0.393. The summed E-state index contributed by atoms with van der Waals surface area (Å²) < 4.78 is 19.7. The molecule has 2 aromatic carbocycles. The third-order valence-corrected chi connectivity index (χ3v) is 3.24. The van der Waals surface area contributed by atoms with Gasteiger partial charge in [0.25, 0.3) is 0 Å². The van der Waals surface area contributed by atoms with E-state index in [1.165, 1.54) is 6.07 Å². The van der Waals surface area contributed by atoms with Gasteiger partial charge in [0.1, 0.15) is 18.2 Å². The zero-order valence-electron chi connectivity index (χ0n) is 11.9. The van der Waals surface area contributed by atoms with Crippen LogP contribution in [0.25, 0.3) is 0 Å². The zero-order valence-corrected chi connectivity index (χ0v) is 11.9. The maximum Gasteiger partial charge on any atom is 0.170 e. The van der Waals surface area contributed by atoms with Gasteiger partial charge in [-0.25, -0.2) is 4.39 Å². The van der Waals surface area contributed by atoms with Crippen LogP contribution in [0.15, 0.2) is 41.6 Å². The van der Waals surface area contributed by atoms with Crippen LogP contribution in [0.1, 0.15) is 22.3 Å². The summed E-state index contributed by atoms with van der Waals surface area (Å²) in [5.74, 6) is 0.180. The second-order valence-electron chi connectivity index (χ2n) is 4.80. The van der Waals surface area contributed by atoms with Crippen molar-refractivity contribution in [1.29, 1.82) is 0 Å². The summed E-state index contributed by atoms with van der Waals surface area (Å²) in [6.07, 6.45) is 0. The number of ether oxygens (including phenoxy) is 1. The molecule has 110 valence electrons. The van der Waals surface area contributed by atoms with Crippen molar-refractivity contribution in [3.05, 3.63) is 64.5 Å². The molecule has 0 spiro atoms. The lowest BCUT2D eigenvalue weighted by molar-refractivity contribution is 0.296. The van der Waals surface area contributed by atoms with Gasteiger partial charge >= 0.3 is 0 Å². The van der Waals surface area contributed by atoms with Crippen LogP contribution in [-0.4, -0.2) is 11.0 Å². The smallest absolute Gasteiger partial charge is 0.170 e. The first-order valence-corrected chi connectivity index (χ1v) is 6.48. The van der Waals surface area contributed by atoms with E-state index in [0.717, 1.165) is 16.9 Å². The fraction of sp³-hybridized carbons (Fsp3) is 0.188. The first-order valence-electron chi connectivity index (χ1n) is 6.48. The molecule has 4 nitrogen and oxygen atoms in total. The third kappa shape index (κ3) is 3.31. The Bertz CT molecular complexity index is 664. The Morgan fingerprint density at radius 1 is 1.24 bits per heavy atom. The van der Waals surface area contributed by atoms with Crippen LogP contribution < -0.4 is 10.5 Å². The summed E-state index contributed by atoms with van der Waals surface area (Å²) in [5.41, 5.74) is 8.16. The molecule has 0 amide bonds. The van der Waals surface area contributed by atoms with Crippen molar-refractivity contribution < 1.29 is 14.3 Å². The van der Waals surface area contributed by atoms with Gasteiger partial charge in [0.05, 0.1) is 0 Å². The molecule has 0 bridgehead atoms. The van der Waals surface area contributed by atoms with Gasteiger partial charge in [-0.3, -0.25) is 0 Å². The number of para-hydroxylation sites is 1. The number of oxime groups is 1. The van der Waals surface area contributed by atoms with E-state index in [1.807, 2.05) is 32.0 Å². The average molecular weight is 288 g/mol. The lowest BCUT2D eigenvalue weighted by atomic mass is 10.1. The second-order valence-corrected chi connectivity index (χ2v) is 4.80. The number of nitrogens with two attached hydrogens (primary N) is 1. The highest BCUT2D eigenvalue weighted by Crippen LogP contribution is 2.24. The molecule has 0 saturated carbocycles. The number of hydrogen-bond donors (Lipinski definition) is 2. The van der Waals surface area contributed by atoms with Crippen LogP contribution in [0.4, 0.5) is 4.39 Å². The number of hydrogen-bond acceptors (Lipinski definition) is 3. The van der Waals surface area contributed by atoms with Crippen LogP contribution in [0.5, 0.6) is 5.75 Å². The summed E-state index contributed by atoms with van der Waals surface area (Å²) >= 11 is 0. The number of amidine groups is 1. The molecule has 0 aliphatic carbocycles. The van der Waals surface area contributed by atoms with Gasteiger partial charge in [-0.2, -0.15) is 0 Å². The van der Waals surface area contributed by atoms with Crippen molar-refractivity contribution in [2.45, 2.75) is 20.5 Å². The SMILES string of the molecule is Cc1cccc(C)c1OCc1ccc(/C(N)=N/O)cc1F. The largest absolute Gasteiger partial charge is 0.488 e. The van der Waals surface area contributed by atoms with Crippen molar-refractivity contribution >= 4 is 5.84 Å². The fourth-order valence-corrected chi connectivity index (χ4v) is 2.06.